The first-order valence-corrected chi connectivity index (χ1v) is 9.24. The number of rotatable bonds is 5. The number of aryl methyl sites for hydroxylation is 1. The highest BCUT2D eigenvalue weighted by molar-refractivity contribution is 7.00. The Morgan fingerprint density at radius 3 is 2.81 bits per heavy atom. The Bertz CT molecular complexity index is 1180. The number of carbonyl (C=O) groups excluding carboxylic acids is 1. The SMILES string of the molecule is CN(Cc1ccc2nsnc2c1)C(=O)CCn1cnc2ccccc2c1=O. The van der Waals surface area contributed by atoms with Gasteiger partial charge in [0.1, 0.15) is 11.0 Å². The van der Waals surface area contributed by atoms with Crippen molar-refractivity contribution in [3.05, 3.63) is 64.7 Å². The zero-order valence-corrected chi connectivity index (χ0v) is 15.5. The normalized spacial score (nSPS) is 11.1. The van der Waals surface area contributed by atoms with Crippen molar-refractivity contribution in [1.29, 1.82) is 0 Å². The molecule has 0 spiro atoms. The maximum absolute atomic E-state index is 12.5. The van der Waals surface area contributed by atoms with E-state index < -0.39 is 0 Å². The van der Waals surface area contributed by atoms with Gasteiger partial charge in [0.25, 0.3) is 5.56 Å². The summed E-state index contributed by atoms with van der Waals surface area (Å²) < 4.78 is 9.89. The minimum Gasteiger partial charge on any atom is -0.341 e. The van der Waals surface area contributed by atoms with Crippen LogP contribution in [0.25, 0.3) is 21.9 Å². The van der Waals surface area contributed by atoms with Gasteiger partial charge in [-0.25, -0.2) is 4.98 Å². The molecule has 0 saturated carbocycles. The molecular weight excluding hydrogens is 362 g/mol. The average Bonchev–Trinajstić information content (AvgIpc) is 3.15. The number of amides is 1. The van der Waals surface area contributed by atoms with Gasteiger partial charge in [0.15, 0.2) is 0 Å². The molecule has 0 N–H and O–H groups in total. The lowest BCUT2D eigenvalue weighted by molar-refractivity contribution is -0.130. The third kappa shape index (κ3) is 3.56. The number of hydrogen-bond donors (Lipinski definition) is 0. The van der Waals surface area contributed by atoms with Crippen LogP contribution in [0.5, 0.6) is 0 Å². The van der Waals surface area contributed by atoms with Gasteiger partial charge in [0.05, 0.1) is 29.0 Å². The topological polar surface area (TPSA) is 81.0 Å². The smallest absolute Gasteiger partial charge is 0.261 e. The van der Waals surface area contributed by atoms with Gasteiger partial charge in [-0.2, -0.15) is 8.75 Å². The van der Waals surface area contributed by atoms with Crippen LogP contribution in [0.4, 0.5) is 0 Å². The van der Waals surface area contributed by atoms with E-state index in [1.54, 1.807) is 24.1 Å². The van der Waals surface area contributed by atoms with Crippen molar-refractivity contribution >= 4 is 39.6 Å². The quantitative estimate of drug-likeness (QED) is 0.532. The Morgan fingerprint density at radius 1 is 1.11 bits per heavy atom. The predicted molar refractivity (Wildman–Crippen MR) is 105 cm³/mol. The molecule has 0 aliphatic heterocycles. The molecule has 0 aliphatic carbocycles. The van der Waals surface area contributed by atoms with Crippen molar-refractivity contribution in [2.75, 3.05) is 7.05 Å². The minimum absolute atomic E-state index is 0.0356. The monoisotopic (exact) mass is 379 g/mol. The number of benzene rings is 2. The molecule has 2 aromatic carbocycles. The molecule has 136 valence electrons. The molecule has 4 rings (SSSR count). The highest BCUT2D eigenvalue weighted by Crippen LogP contribution is 2.15. The highest BCUT2D eigenvalue weighted by atomic mass is 32.1. The second-order valence-electron chi connectivity index (χ2n) is 6.35. The van der Waals surface area contributed by atoms with Crippen LogP contribution in [0.15, 0.2) is 53.6 Å². The Kier molecular flexibility index (Phi) is 4.64. The molecule has 0 aliphatic rings. The van der Waals surface area contributed by atoms with Gasteiger partial charge < -0.3 is 4.90 Å². The fourth-order valence-corrected chi connectivity index (χ4v) is 3.48. The van der Waals surface area contributed by atoms with Gasteiger partial charge >= 0.3 is 0 Å². The van der Waals surface area contributed by atoms with Crippen molar-refractivity contribution in [2.45, 2.75) is 19.5 Å². The fourth-order valence-electron chi connectivity index (χ4n) is 2.96. The molecule has 0 atom stereocenters. The maximum atomic E-state index is 12.5. The maximum Gasteiger partial charge on any atom is 0.261 e. The molecule has 2 heterocycles. The van der Waals surface area contributed by atoms with Crippen LogP contribution in [0.2, 0.25) is 0 Å². The lowest BCUT2D eigenvalue weighted by Crippen LogP contribution is -2.29. The zero-order valence-electron chi connectivity index (χ0n) is 14.7. The number of nitrogens with zero attached hydrogens (tertiary/aromatic N) is 5. The third-order valence-corrected chi connectivity index (χ3v) is 5.02. The van der Waals surface area contributed by atoms with E-state index in [0.29, 0.717) is 24.0 Å². The van der Waals surface area contributed by atoms with E-state index in [-0.39, 0.29) is 17.9 Å². The number of fused-ring (bicyclic) bond motifs is 2. The summed E-state index contributed by atoms with van der Waals surface area (Å²) in [5, 5.41) is 0.561. The zero-order chi connectivity index (χ0) is 18.8. The van der Waals surface area contributed by atoms with E-state index in [1.165, 1.54) is 22.6 Å². The van der Waals surface area contributed by atoms with Crippen molar-refractivity contribution in [3.8, 4) is 0 Å². The molecule has 7 nitrogen and oxygen atoms in total. The fraction of sp³-hybridized carbons (Fsp3) is 0.211. The van der Waals surface area contributed by atoms with Gasteiger partial charge in [0.2, 0.25) is 5.91 Å². The standard InChI is InChI=1S/C19H17N5O2S/c1-23(11-13-6-7-16-17(10-13)22-27-21-16)18(25)8-9-24-12-20-15-5-3-2-4-14(15)19(24)26/h2-7,10,12H,8-9,11H2,1H3. The lowest BCUT2D eigenvalue weighted by Gasteiger charge is -2.17. The Balaban J connectivity index is 1.42. The molecule has 0 fully saturated rings. The molecule has 1 amide bonds. The number of para-hydroxylation sites is 1. The molecule has 0 saturated heterocycles. The molecule has 27 heavy (non-hydrogen) atoms. The third-order valence-electron chi connectivity index (χ3n) is 4.46. The van der Waals surface area contributed by atoms with Crippen LogP contribution in [-0.2, 0) is 17.9 Å². The first kappa shape index (κ1) is 17.3. The number of aromatic nitrogens is 4. The van der Waals surface area contributed by atoms with Crippen LogP contribution >= 0.6 is 11.7 Å². The van der Waals surface area contributed by atoms with Gasteiger partial charge in [-0.15, -0.1) is 0 Å². The van der Waals surface area contributed by atoms with Crippen LogP contribution in [0, 0.1) is 0 Å². The predicted octanol–water partition coefficient (Wildman–Crippen LogP) is 2.45. The first-order valence-electron chi connectivity index (χ1n) is 8.51. The summed E-state index contributed by atoms with van der Waals surface area (Å²) in [6.45, 7) is 0.784. The molecule has 4 aromatic rings. The second-order valence-corrected chi connectivity index (χ2v) is 6.88. The summed E-state index contributed by atoms with van der Waals surface area (Å²) in [7, 11) is 1.76. The molecule has 2 aromatic heterocycles. The van der Waals surface area contributed by atoms with Crippen LogP contribution in [-0.4, -0.2) is 36.2 Å². The van der Waals surface area contributed by atoms with E-state index in [4.69, 9.17) is 0 Å². The summed E-state index contributed by atoms with van der Waals surface area (Å²) >= 11 is 1.18. The van der Waals surface area contributed by atoms with E-state index >= 15 is 0 Å². The Morgan fingerprint density at radius 2 is 1.93 bits per heavy atom. The molecule has 0 unspecified atom stereocenters. The van der Waals surface area contributed by atoms with E-state index in [1.807, 2.05) is 30.3 Å². The van der Waals surface area contributed by atoms with Crippen LogP contribution in [0.1, 0.15) is 12.0 Å². The molecular formula is C19H17N5O2S. The van der Waals surface area contributed by atoms with Crippen molar-refractivity contribution in [3.63, 3.8) is 0 Å². The van der Waals surface area contributed by atoms with Crippen molar-refractivity contribution < 1.29 is 4.79 Å². The summed E-state index contributed by atoms with van der Waals surface area (Å²) in [6, 6.07) is 13.0. The minimum atomic E-state index is -0.127. The van der Waals surface area contributed by atoms with Crippen molar-refractivity contribution in [2.24, 2.45) is 0 Å². The number of carbonyl (C=O) groups is 1. The van der Waals surface area contributed by atoms with Gasteiger partial charge in [0, 0.05) is 26.6 Å². The highest BCUT2D eigenvalue weighted by Gasteiger charge is 2.12. The van der Waals surface area contributed by atoms with Gasteiger partial charge in [-0.1, -0.05) is 18.2 Å². The van der Waals surface area contributed by atoms with Crippen LogP contribution in [0.3, 0.4) is 0 Å². The van der Waals surface area contributed by atoms with Crippen molar-refractivity contribution in [1.82, 2.24) is 23.2 Å². The van der Waals surface area contributed by atoms with E-state index in [9.17, 15) is 9.59 Å². The van der Waals surface area contributed by atoms with Crippen LogP contribution < -0.4 is 5.56 Å². The Labute approximate surface area is 159 Å². The summed E-state index contributed by atoms with van der Waals surface area (Å²) in [5.74, 6) is -0.0356. The number of hydrogen-bond acceptors (Lipinski definition) is 6. The van der Waals surface area contributed by atoms with E-state index in [2.05, 4.69) is 13.7 Å². The summed E-state index contributed by atoms with van der Waals surface area (Å²) in [4.78, 5) is 30.9. The Hall–Kier alpha value is -3.13. The summed E-state index contributed by atoms with van der Waals surface area (Å²) in [5.41, 5.74) is 3.23. The lowest BCUT2D eigenvalue weighted by atomic mass is 10.2. The first-order chi connectivity index (χ1) is 13.1. The molecule has 8 heteroatoms. The average molecular weight is 379 g/mol. The van der Waals surface area contributed by atoms with E-state index in [0.717, 1.165) is 16.6 Å². The van der Waals surface area contributed by atoms with Gasteiger partial charge in [-0.3, -0.25) is 14.2 Å². The summed E-state index contributed by atoms with van der Waals surface area (Å²) in [6.07, 6.45) is 1.73. The second kappa shape index (κ2) is 7.24. The largest absolute Gasteiger partial charge is 0.341 e. The molecule has 0 radical (unpaired) electrons. The van der Waals surface area contributed by atoms with Gasteiger partial charge in [-0.05, 0) is 29.8 Å². The molecule has 0 bridgehead atoms.